The monoisotopic (exact) mass is 158 g/mol. The van der Waals surface area contributed by atoms with Crippen molar-refractivity contribution in [3.8, 4) is 0 Å². The first-order chi connectivity index (χ1) is 5.33. The Labute approximate surface area is 67.7 Å². The minimum Gasteiger partial charge on any atom is -0.346 e. The second-order valence-corrected chi connectivity index (χ2v) is 2.92. The first-order valence-electron chi connectivity index (χ1n) is 4.35. The molecular weight excluding hydrogens is 142 g/mol. The Kier molecular flexibility index (Phi) is 3.83. The Hall–Kier alpha value is -0.120. The van der Waals surface area contributed by atoms with Gasteiger partial charge in [0.15, 0.2) is 6.29 Å². The molecule has 11 heavy (non-hydrogen) atoms. The largest absolute Gasteiger partial charge is 0.346 e. The fraction of sp³-hybridized carbons (Fsp3) is 1.00. The molecule has 0 aromatic heterocycles. The third kappa shape index (κ3) is 3.18. The van der Waals surface area contributed by atoms with Crippen molar-refractivity contribution in [1.82, 2.24) is 5.32 Å². The lowest BCUT2D eigenvalue weighted by molar-refractivity contribution is -0.175. The second-order valence-electron chi connectivity index (χ2n) is 2.92. The van der Waals surface area contributed by atoms with Crippen LogP contribution in [0.25, 0.3) is 0 Å². The highest BCUT2D eigenvalue weighted by atomic mass is 16.6. The van der Waals surface area contributed by atoms with Gasteiger partial charge in [-0.25, -0.2) is 5.11 Å². The standard InChI is InChI=1S/C8H16NO2/c1-2-8(10)11-7-3-5-9-6-4-7/h7-9H,2-6H2,1H3. The Morgan fingerprint density at radius 1 is 1.55 bits per heavy atom. The van der Waals surface area contributed by atoms with E-state index in [0.29, 0.717) is 6.42 Å². The van der Waals surface area contributed by atoms with Crippen molar-refractivity contribution < 1.29 is 9.84 Å². The summed E-state index contributed by atoms with van der Waals surface area (Å²) in [5.74, 6) is 0. The molecule has 0 amide bonds. The van der Waals surface area contributed by atoms with E-state index in [9.17, 15) is 5.11 Å². The summed E-state index contributed by atoms with van der Waals surface area (Å²) in [5, 5.41) is 14.1. The quantitative estimate of drug-likeness (QED) is 0.620. The van der Waals surface area contributed by atoms with Gasteiger partial charge in [0.2, 0.25) is 0 Å². The highest BCUT2D eigenvalue weighted by Gasteiger charge is 2.16. The first kappa shape index (κ1) is 8.97. The third-order valence-electron chi connectivity index (χ3n) is 1.96. The van der Waals surface area contributed by atoms with E-state index in [2.05, 4.69) is 5.32 Å². The summed E-state index contributed by atoms with van der Waals surface area (Å²) in [6.07, 6.45) is 1.94. The van der Waals surface area contributed by atoms with Crippen LogP contribution in [0.4, 0.5) is 0 Å². The molecule has 1 N–H and O–H groups in total. The molecule has 1 aliphatic heterocycles. The van der Waals surface area contributed by atoms with Gasteiger partial charge in [-0.2, -0.15) is 0 Å². The van der Waals surface area contributed by atoms with Gasteiger partial charge in [-0.1, -0.05) is 6.92 Å². The SMILES string of the molecule is CCC([O])OC1CCNCC1. The number of hydrogen-bond donors (Lipinski definition) is 1. The van der Waals surface area contributed by atoms with Crippen LogP contribution >= 0.6 is 0 Å². The Morgan fingerprint density at radius 3 is 2.73 bits per heavy atom. The smallest absolute Gasteiger partial charge is 0.191 e. The predicted octanol–water partition coefficient (Wildman–Crippen LogP) is 0.922. The second kappa shape index (κ2) is 4.70. The van der Waals surface area contributed by atoms with Crippen LogP contribution in [0.5, 0.6) is 0 Å². The van der Waals surface area contributed by atoms with E-state index in [1.165, 1.54) is 0 Å². The van der Waals surface area contributed by atoms with E-state index in [4.69, 9.17) is 4.74 Å². The molecule has 1 saturated heterocycles. The van der Waals surface area contributed by atoms with Gasteiger partial charge < -0.3 is 10.1 Å². The maximum atomic E-state index is 10.9. The fourth-order valence-corrected chi connectivity index (χ4v) is 1.24. The van der Waals surface area contributed by atoms with Crippen LogP contribution in [0.3, 0.4) is 0 Å². The van der Waals surface area contributed by atoms with Gasteiger partial charge in [0, 0.05) is 0 Å². The van der Waals surface area contributed by atoms with Gasteiger partial charge in [-0.05, 0) is 32.4 Å². The van der Waals surface area contributed by atoms with Crippen LogP contribution in [-0.2, 0) is 9.84 Å². The molecule has 0 aromatic carbocycles. The molecule has 0 bridgehead atoms. The summed E-state index contributed by atoms with van der Waals surface area (Å²) in [7, 11) is 0. The van der Waals surface area contributed by atoms with E-state index in [1.54, 1.807) is 0 Å². The molecular formula is C8H16NO2. The normalized spacial score (nSPS) is 23.5. The molecule has 1 rings (SSSR count). The average Bonchev–Trinajstić information content (AvgIpc) is 2.06. The van der Waals surface area contributed by atoms with Gasteiger partial charge in [-0.15, -0.1) is 0 Å². The molecule has 65 valence electrons. The summed E-state index contributed by atoms with van der Waals surface area (Å²) in [4.78, 5) is 0. The zero-order valence-corrected chi connectivity index (χ0v) is 7.01. The number of ether oxygens (including phenoxy) is 1. The topological polar surface area (TPSA) is 41.2 Å². The van der Waals surface area contributed by atoms with Crippen molar-refractivity contribution in [2.45, 2.75) is 38.6 Å². The van der Waals surface area contributed by atoms with Crippen LogP contribution < -0.4 is 5.32 Å². The fourth-order valence-electron chi connectivity index (χ4n) is 1.24. The molecule has 1 fully saturated rings. The maximum Gasteiger partial charge on any atom is 0.191 e. The van der Waals surface area contributed by atoms with Gasteiger partial charge in [0.1, 0.15) is 0 Å². The van der Waals surface area contributed by atoms with Crippen LogP contribution in [0.1, 0.15) is 26.2 Å². The van der Waals surface area contributed by atoms with Crippen LogP contribution in [0.15, 0.2) is 0 Å². The molecule has 0 saturated carbocycles. The Morgan fingerprint density at radius 2 is 2.18 bits per heavy atom. The highest BCUT2D eigenvalue weighted by molar-refractivity contribution is 4.68. The molecule has 1 radical (unpaired) electrons. The lowest BCUT2D eigenvalue weighted by Crippen LogP contribution is -2.34. The molecule has 0 aromatic rings. The Balaban J connectivity index is 2.13. The summed E-state index contributed by atoms with van der Waals surface area (Å²) in [6.45, 7) is 3.83. The van der Waals surface area contributed by atoms with Crippen LogP contribution in [0.2, 0.25) is 0 Å². The summed E-state index contributed by atoms with van der Waals surface area (Å²) >= 11 is 0. The number of piperidine rings is 1. The third-order valence-corrected chi connectivity index (χ3v) is 1.96. The van der Waals surface area contributed by atoms with Gasteiger partial charge in [0.05, 0.1) is 6.10 Å². The highest BCUT2D eigenvalue weighted by Crippen LogP contribution is 2.10. The maximum absolute atomic E-state index is 10.9. The average molecular weight is 158 g/mol. The minimum absolute atomic E-state index is 0.207. The van der Waals surface area contributed by atoms with Crippen molar-refractivity contribution >= 4 is 0 Å². The van der Waals surface area contributed by atoms with Crippen LogP contribution in [-0.4, -0.2) is 25.5 Å². The zero-order valence-electron chi connectivity index (χ0n) is 7.01. The predicted molar refractivity (Wildman–Crippen MR) is 41.7 cm³/mol. The van der Waals surface area contributed by atoms with Crippen LogP contribution in [0, 0.1) is 0 Å². The summed E-state index contributed by atoms with van der Waals surface area (Å²) < 4.78 is 5.24. The van der Waals surface area contributed by atoms with Crippen molar-refractivity contribution in [2.24, 2.45) is 0 Å². The van der Waals surface area contributed by atoms with Crippen molar-refractivity contribution in [2.75, 3.05) is 13.1 Å². The van der Waals surface area contributed by atoms with Gasteiger partial charge in [-0.3, -0.25) is 0 Å². The lowest BCUT2D eigenvalue weighted by Gasteiger charge is -2.24. The minimum atomic E-state index is -0.807. The molecule has 1 unspecified atom stereocenters. The zero-order chi connectivity index (χ0) is 8.10. The number of hydrogen-bond acceptors (Lipinski definition) is 2. The first-order valence-corrected chi connectivity index (χ1v) is 4.35. The molecule has 3 heteroatoms. The molecule has 1 heterocycles. The molecule has 0 spiro atoms. The van der Waals surface area contributed by atoms with Gasteiger partial charge >= 0.3 is 0 Å². The van der Waals surface area contributed by atoms with Gasteiger partial charge in [0.25, 0.3) is 0 Å². The van der Waals surface area contributed by atoms with E-state index in [0.717, 1.165) is 25.9 Å². The Bertz CT molecular complexity index is 102. The van der Waals surface area contributed by atoms with E-state index < -0.39 is 6.29 Å². The van der Waals surface area contributed by atoms with Crippen molar-refractivity contribution in [3.05, 3.63) is 0 Å². The van der Waals surface area contributed by atoms with E-state index in [1.807, 2.05) is 6.92 Å². The van der Waals surface area contributed by atoms with Crippen molar-refractivity contribution in [1.29, 1.82) is 0 Å². The van der Waals surface area contributed by atoms with E-state index >= 15 is 0 Å². The molecule has 1 atom stereocenters. The molecule has 0 aliphatic carbocycles. The molecule has 1 aliphatic rings. The summed E-state index contributed by atoms with van der Waals surface area (Å²) in [5.41, 5.74) is 0. The molecule has 3 nitrogen and oxygen atoms in total. The summed E-state index contributed by atoms with van der Waals surface area (Å²) in [6, 6.07) is 0. The lowest BCUT2D eigenvalue weighted by atomic mass is 10.1. The van der Waals surface area contributed by atoms with Crippen molar-refractivity contribution in [3.63, 3.8) is 0 Å². The van der Waals surface area contributed by atoms with E-state index in [-0.39, 0.29) is 6.10 Å². The number of rotatable bonds is 3. The number of nitrogens with one attached hydrogen (secondary N) is 1.